The quantitative estimate of drug-likeness (QED) is 0.552. The number of hydrogen-bond donors (Lipinski definition) is 0. The van der Waals surface area contributed by atoms with Gasteiger partial charge in [-0.25, -0.2) is 13.4 Å². The lowest BCUT2D eigenvalue weighted by atomic mass is 9.67. The average molecular weight is 485 g/mol. The molecule has 2 heterocycles. The first-order chi connectivity index (χ1) is 15.6. The van der Waals surface area contributed by atoms with Gasteiger partial charge in [-0.1, -0.05) is 24.6 Å². The van der Waals surface area contributed by atoms with Crippen LogP contribution in [-0.2, 0) is 9.84 Å². The maximum absolute atomic E-state index is 13.4. The number of allylic oxidation sites excluding steroid dienone is 3. The van der Waals surface area contributed by atoms with Crippen LogP contribution in [0.15, 0.2) is 41.5 Å². The highest BCUT2D eigenvalue weighted by Crippen LogP contribution is 2.53. The molecule has 1 aromatic heterocycles. The van der Waals surface area contributed by atoms with Crippen LogP contribution in [0.1, 0.15) is 50.0 Å². The minimum absolute atomic E-state index is 0.0806. The highest BCUT2D eigenvalue weighted by molar-refractivity contribution is 7.94. The number of likely N-dealkylation sites (tertiary alicyclic amines) is 1. The molecule has 2 fully saturated rings. The number of nitrogens with zero attached hydrogens (tertiary/aromatic N) is 2. The van der Waals surface area contributed by atoms with Crippen LogP contribution in [-0.4, -0.2) is 57.0 Å². The Morgan fingerprint density at radius 2 is 1.94 bits per heavy atom. The van der Waals surface area contributed by atoms with Gasteiger partial charge in [0.15, 0.2) is 9.84 Å². The van der Waals surface area contributed by atoms with Crippen molar-refractivity contribution in [3.05, 3.63) is 47.0 Å². The molecule has 1 unspecified atom stereocenters. The van der Waals surface area contributed by atoms with Gasteiger partial charge >= 0.3 is 6.18 Å². The molecule has 1 aromatic rings. The Hall–Kier alpha value is -1.87. The topological polar surface area (TPSA) is 59.5 Å². The van der Waals surface area contributed by atoms with Gasteiger partial charge in [0, 0.05) is 31.0 Å². The van der Waals surface area contributed by atoms with Gasteiger partial charge in [0.2, 0.25) is 5.88 Å². The molecule has 182 valence electrons. The molecule has 33 heavy (non-hydrogen) atoms. The number of alkyl halides is 3. The van der Waals surface area contributed by atoms with Crippen molar-refractivity contribution in [1.29, 1.82) is 0 Å². The molecule has 1 saturated heterocycles. The van der Waals surface area contributed by atoms with Gasteiger partial charge in [-0.2, -0.15) is 13.2 Å². The van der Waals surface area contributed by atoms with Crippen molar-refractivity contribution in [2.24, 2.45) is 11.3 Å². The minimum atomic E-state index is -4.11. The Kier molecular flexibility index (Phi) is 6.92. The van der Waals surface area contributed by atoms with Crippen molar-refractivity contribution in [2.75, 3.05) is 32.5 Å². The minimum Gasteiger partial charge on any atom is -0.477 e. The summed E-state index contributed by atoms with van der Waals surface area (Å²) in [6.45, 7) is 1.99. The predicted molar refractivity (Wildman–Crippen MR) is 121 cm³/mol. The fourth-order valence-corrected chi connectivity index (χ4v) is 5.62. The number of hydrogen-bond acceptors (Lipinski definition) is 5. The molecule has 5 nitrogen and oxygen atoms in total. The fourth-order valence-electron chi connectivity index (χ4n) is 4.90. The number of sulfone groups is 1. The number of pyridine rings is 1. The number of halogens is 3. The van der Waals surface area contributed by atoms with Crippen LogP contribution >= 0.6 is 0 Å². The first-order valence-corrected chi connectivity index (χ1v) is 13.4. The predicted octanol–water partition coefficient (Wildman–Crippen LogP) is 4.88. The Bertz CT molecular complexity index is 991. The number of aromatic nitrogens is 1. The van der Waals surface area contributed by atoms with E-state index in [0.29, 0.717) is 49.2 Å². The van der Waals surface area contributed by atoms with Crippen molar-refractivity contribution in [2.45, 2.75) is 50.6 Å². The van der Waals surface area contributed by atoms with E-state index in [9.17, 15) is 21.6 Å². The van der Waals surface area contributed by atoms with Crippen LogP contribution in [0.2, 0.25) is 0 Å². The lowest BCUT2D eigenvalue weighted by Crippen LogP contribution is -2.53. The van der Waals surface area contributed by atoms with E-state index in [2.05, 4.69) is 4.98 Å². The summed E-state index contributed by atoms with van der Waals surface area (Å²) in [6.07, 6.45) is 7.55. The summed E-state index contributed by atoms with van der Waals surface area (Å²) in [5.74, 6) is 0.919. The van der Waals surface area contributed by atoms with Crippen molar-refractivity contribution in [3.8, 4) is 5.88 Å². The summed E-state index contributed by atoms with van der Waals surface area (Å²) >= 11 is 0. The second-order valence-corrected chi connectivity index (χ2v) is 11.7. The molecule has 0 N–H and O–H groups in total. The SMILES string of the molecule is CS(=O)(=O)C1=CCC(c2ccc(OCC3CCN(CC4(C(F)(F)F)CCC4)CC3)nc2)C=C1. The van der Waals surface area contributed by atoms with E-state index in [0.717, 1.165) is 18.4 Å². The molecule has 0 amide bonds. The van der Waals surface area contributed by atoms with Gasteiger partial charge < -0.3 is 9.64 Å². The maximum atomic E-state index is 13.4. The van der Waals surface area contributed by atoms with Gasteiger partial charge in [-0.3, -0.25) is 0 Å². The van der Waals surface area contributed by atoms with Crippen LogP contribution in [0.25, 0.3) is 0 Å². The van der Waals surface area contributed by atoms with Crippen molar-refractivity contribution >= 4 is 9.84 Å². The molecule has 0 aromatic carbocycles. The fraction of sp³-hybridized carbons (Fsp3) is 0.625. The van der Waals surface area contributed by atoms with Crippen molar-refractivity contribution < 1.29 is 26.3 Å². The largest absolute Gasteiger partial charge is 0.477 e. The zero-order chi connectivity index (χ0) is 23.7. The number of piperidine rings is 1. The van der Waals surface area contributed by atoms with E-state index in [1.54, 1.807) is 18.3 Å². The molecule has 1 aliphatic heterocycles. The molecule has 1 saturated carbocycles. The molecule has 3 aliphatic rings. The second kappa shape index (κ2) is 9.41. The van der Waals surface area contributed by atoms with E-state index in [1.165, 1.54) is 6.26 Å². The van der Waals surface area contributed by atoms with Gasteiger partial charge in [0.25, 0.3) is 0 Å². The van der Waals surface area contributed by atoms with Gasteiger partial charge in [0.05, 0.1) is 16.9 Å². The van der Waals surface area contributed by atoms with Crippen LogP contribution in [0, 0.1) is 11.3 Å². The van der Waals surface area contributed by atoms with Gasteiger partial charge in [-0.15, -0.1) is 0 Å². The summed E-state index contributed by atoms with van der Waals surface area (Å²) < 4.78 is 69.4. The summed E-state index contributed by atoms with van der Waals surface area (Å²) in [4.78, 5) is 6.70. The average Bonchev–Trinajstić information content (AvgIpc) is 2.74. The normalized spacial score (nSPS) is 24.2. The first-order valence-electron chi connectivity index (χ1n) is 11.5. The van der Waals surface area contributed by atoms with Crippen LogP contribution in [0.3, 0.4) is 0 Å². The molecule has 0 bridgehead atoms. The Morgan fingerprint density at radius 1 is 1.21 bits per heavy atom. The second-order valence-electron chi connectivity index (χ2n) is 9.67. The molecular formula is C24H31F3N2O3S. The van der Waals surface area contributed by atoms with E-state index in [-0.39, 0.29) is 25.3 Å². The van der Waals surface area contributed by atoms with Gasteiger partial charge in [-0.05, 0) is 62.8 Å². The first kappa shape index (κ1) is 24.3. The molecule has 2 aliphatic carbocycles. The zero-order valence-electron chi connectivity index (χ0n) is 18.9. The maximum Gasteiger partial charge on any atom is 0.395 e. The summed E-state index contributed by atoms with van der Waals surface area (Å²) in [5.41, 5.74) is -0.497. The summed E-state index contributed by atoms with van der Waals surface area (Å²) in [6, 6.07) is 3.76. The molecule has 4 rings (SSSR count). The smallest absolute Gasteiger partial charge is 0.395 e. The summed E-state index contributed by atoms with van der Waals surface area (Å²) in [7, 11) is -3.19. The highest BCUT2D eigenvalue weighted by atomic mass is 32.2. The number of rotatable bonds is 7. The Labute approximate surface area is 193 Å². The number of ether oxygens (including phenoxy) is 1. The molecule has 0 spiro atoms. The third kappa shape index (κ3) is 5.62. The van der Waals surface area contributed by atoms with Crippen LogP contribution in [0.4, 0.5) is 13.2 Å². The van der Waals surface area contributed by atoms with Crippen molar-refractivity contribution in [3.63, 3.8) is 0 Å². The van der Waals surface area contributed by atoms with Crippen LogP contribution in [0.5, 0.6) is 5.88 Å². The van der Waals surface area contributed by atoms with Crippen molar-refractivity contribution in [1.82, 2.24) is 9.88 Å². The standard InChI is InChI=1S/C24H31F3N2O3S/c1-33(30,31)21-6-3-19(4-7-21)20-5-8-22(28-15-20)32-16-18-9-13-29(14-10-18)17-23(11-2-12-23)24(25,26)27/h3,5-8,15,18-19H,2,4,9-14,16-17H2,1H3. The lowest BCUT2D eigenvalue weighted by molar-refractivity contribution is -0.256. The molecule has 1 atom stereocenters. The van der Waals surface area contributed by atoms with Gasteiger partial charge in [0.1, 0.15) is 0 Å². The Balaban J connectivity index is 1.22. The lowest BCUT2D eigenvalue weighted by Gasteiger charge is -2.47. The highest BCUT2D eigenvalue weighted by Gasteiger charge is 2.58. The van der Waals surface area contributed by atoms with E-state index >= 15 is 0 Å². The van der Waals surface area contributed by atoms with Crippen LogP contribution < -0.4 is 4.74 Å². The van der Waals surface area contributed by atoms with E-state index in [1.807, 2.05) is 23.1 Å². The summed E-state index contributed by atoms with van der Waals surface area (Å²) in [5, 5.41) is 0. The molecular weight excluding hydrogens is 453 g/mol. The zero-order valence-corrected chi connectivity index (χ0v) is 19.7. The molecule has 0 radical (unpaired) electrons. The molecule has 9 heteroatoms. The third-order valence-corrected chi connectivity index (χ3v) is 8.45. The van der Waals surface area contributed by atoms with E-state index in [4.69, 9.17) is 4.74 Å². The monoisotopic (exact) mass is 484 g/mol. The van der Waals surface area contributed by atoms with E-state index < -0.39 is 21.4 Å². The Morgan fingerprint density at radius 3 is 2.42 bits per heavy atom. The third-order valence-electron chi connectivity index (χ3n) is 7.29.